The van der Waals surface area contributed by atoms with Crippen molar-refractivity contribution in [2.24, 2.45) is 17.8 Å². The van der Waals surface area contributed by atoms with E-state index in [1.807, 2.05) is 0 Å². The fourth-order valence-electron chi connectivity index (χ4n) is 3.65. The number of piperidine rings is 1. The number of carbonyl (C=O) groups excluding carboxylic acids is 1. The minimum atomic E-state index is 0.0500. The molecule has 0 radical (unpaired) electrons. The lowest BCUT2D eigenvalue weighted by atomic mass is 9.81. The third-order valence-electron chi connectivity index (χ3n) is 4.88. The zero-order chi connectivity index (χ0) is 13.7. The van der Waals surface area contributed by atoms with E-state index < -0.39 is 0 Å². The Morgan fingerprint density at radius 3 is 2.68 bits per heavy atom. The molecule has 0 aromatic carbocycles. The van der Waals surface area contributed by atoms with E-state index in [1.165, 1.54) is 38.5 Å². The summed E-state index contributed by atoms with van der Waals surface area (Å²) >= 11 is 0. The summed E-state index contributed by atoms with van der Waals surface area (Å²) in [6.45, 7) is 6.45. The van der Waals surface area contributed by atoms with Crippen LogP contribution in [0.3, 0.4) is 0 Å². The molecular weight excluding hydrogens is 236 g/mol. The molecule has 0 aromatic rings. The first-order chi connectivity index (χ1) is 9.15. The lowest BCUT2D eigenvalue weighted by molar-refractivity contribution is -0.124. The van der Waals surface area contributed by atoms with Crippen LogP contribution in [0.15, 0.2) is 0 Å². The average molecular weight is 266 g/mol. The van der Waals surface area contributed by atoms with Crippen LogP contribution in [0.4, 0.5) is 0 Å². The highest BCUT2D eigenvalue weighted by Gasteiger charge is 2.24. The Morgan fingerprint density at radius 1 is 1.16 bits per heavy atom. The van der Waals surface area contributed by atoms with E-state index in [4.69, 9.17) is 0 Å². The van der Waals surface area contributed by atoms with Gasteiger partial charge in [0.2, 0.25) is 5.91 Å². The van der Waals surface area contributed by atoms with Gasteiger partial charge >= 0.3 is 0 Å². The van der Waals surface area contributed by atoms with Gasteiger partial charge in [-0.2, -0.15) is 0 Å². The van der Waals surface area contributed by atoms with Gasteiger partial charge in [0.1, 0.15) is 0 Å². The Labute approximate surface area is 117 Å². The summed E-state index contributed by atoms with van der Waals surface area (Å²) in [5.41, 5.74) is 0. The van der Waals surface area contributed by atoms with Crippen LogP contribution in [-0.4, -0.2) is 25.0 Å². The molecule has 4 unspecified atom stereocenters. The predicted molar refractivity (Wildman–Crippen MR) is 78.9 cm³/mol. The van der Waals surface area contributed by atoms with Gasteiger partial charge in [-0.25, -0.2) is 0 Å². The third kappa shape index (κ3) is 4.79. The van der Waals surface area contributed by atoms with E-state index in [-0.39, 0.29) is 11.9 Å². The van der Waals surface area contributed by atoms with Crippen LogP contribution in [0.5, 0.6) is 0 Å². The first-order valence-corrected chi connectivity index (χ1v) is 8.16. The summed E-state index contributed by atoms with van der Waals surface area (Å²) in [6, 6.07) is 0.0500. The molecule has 2 fully saturated rings. The van der Waals surface area contributed by atoms with Gasteiger partial charge in [0.25, 0.3) is 0 Å². The van der Waals surface area contributed by atoms with E-state index >= 15 is 0 Å². The van der Waals surface area contributed by atoms with E-state index in [1.54, 1.807) is 0 Å². The predicted octanol–water partition coefficient (Wildman–Crippen LogP) is 2.71. The number of rotatable bonds is 4. The maximum atomic E-state index is 12.1. The molecule has 110 valence electrons. The largest absolute Gasteiger partial charge is 0.355 e. The second kappa shape index (κ2) is 7.28. The van der Waals surface area contributed by atoms with E-state index in [0.29, 0.717) is 5.92 Å². The first-order valence-electron chi connectivity index (χ1n) is 8.16. The molecule has 3 heteroatoms. The van der Waals surface area contributed by atoms with E-state index in [0.717, 1.165) is 31.3 Å². The van der Waals surface area contributed by atoms with Crippen LogP contribution < -0.4 is 10.6 Å². The van der Waals surface area contributed by atoms with Gasteiger partial charge in [-0.05, 0) is 50.0 Å². The Hall–Kier alpha value is -0.570. The standard InChI is InChI=1S/C16H30N2O/c1-12-4-3-5-14(10-12)7-9-18-16(19)15-11-13(2)6-8-17-15/h12-15,17H,3-11H2,1-2H3,(H,18,19). The topological polar surface area (TPSA) is 41.1 Å². The molecular formula is C16H30N2O. The van der Waals surface area contributed by atoms with Crippen LogP contribution in [0.2, 0.25) is 0 Å². The van der Waals surface area contributed by atoms with E-state index in [2.05, 4.69) is 24.5 Å². The molecule has 0 bridgehead atoms. The molecule has 1 saturated heterocycles. The number of hydrogen-bond acceptors (Lipinski definition) is 2. The highest BCUT2D eigenvalue weighted by Crippen LogP contribution is 2.30. The molecule has 2 aliphatic rings. The second-order valence-electron chi connectivity index (χ2n) is 6.85. The Morgan fingerprint density at radius 2 is 1.95 bits per heavy atom. The fourth-order valence-corrected chi connectivity index (χ4v) is 3.65. The Kier molecular flexibility index (Phi) is 5.68. The lowest BCUT2D eigenvalue weighted by Crippen LogP contribution is -2.48. The van der Waals surface area contributed by atoms with Gasteiger partial charge < -0.3 is 10.6 Å². The summed E-state index contributed by atoms with van der Waals surface area (Å²) < 4.78 is 0. The lowest BCUT2D eigenvalue weighted by Gasteiger charge is -2.29. The summed E-state index contributed by atoms with van der Waals surface area (Å²) in [5.74, 6) is 2.62. The van der Waals surface area contributed by atoms with Crippen LogP contribution >= 0.6 is 0 Å². The highest BCUT2D eigenvalue weighted by atomic mass is 16.2. The van der Waals surface area contributed by atoms with Crippen molar-refractivity contribution in [1.29, 1.82) is 0 Å². The molecule has 2 N–H and O–H groups in total. The van der Waals surface area contributed by atoms with Crippen molar-refractivity contribution in [3.05, 3.63) is 0 Å². The molecule has 19 heavy (non-hydrogen) atoms. The highest BCUT2D eigenvalue weighted by molar-refractivity contribution is 5.81. The molecule has 1 aliphatic heterocycles. The maximum absolute atomic E-state index is 12.1. The van der Waals surface area contributed by atoms with Crippen molar-refractivity contribution < 1.29 is 4.79 Å². The van der Waals surface area contributed by atoms with Crippen LogP contribution in [0.25, 0.3) is 0 Å². The SMILES string of the molecule is CC1CCCC(CCNC(=O)C2CC(C)CCN2)C1. The summed E-state index contributed by atoms with van der Waals surface area (Å²) in [7, 11) is 0. The van der Waals surface area contributed by atoms with E-state index in [9.17, 15) is 4.79 Å². The second-order valence-corrected chi connectivity index (χ2v) is 6.85. The molecule has 3 nitrogen and oxygen atoms in total. The molecule has 2 rings (SSSR count). The van der Waals surface area contributed by atoms with Gasteiger partial charge in [0, 0.05) is 6.54 Å². The van der Waals surface area contributed by atoms with Crippen molar-refractivity contribution in [3.8, 4) is 0 Å². The summed E-state index contributed by atoms with van der Waals surface area (Å²) in [5, 5.41) is 6.47. The Balaban J connectivity index is 1.63. The molecule has 1 saturated carbocycles. The molecule has 1 amide bonds. The monoisotopic (exact) mass is 266 g/mol. The van der Waals surface area contributed by atoms with Crippen molar-refractivity contribution in [2.75, 3.05) is 13.1 Å². The van der Waals surface area contributed by atoms with Gasteiger partial charge in [-0.3, -0.25) is 4.79 Å². The van der Waals surface area contributed by atoms with Crippen molar-refractivity contribution in [3.63, 3.8) is 0 Å². The van der Waals surface area contributed by atoms with Gasteiger partial charge in [0.05, 0.1) is 6.04 Å². The van der Waals surface area contributed by atoms with Crippen LogP contribution in [0.1, 0.15) is 58.8 Å². The molecule has 4 atom stereocenters. The van der Waals surface area contributed by atoms with Crippen LogP contribution in [0, 0.1) is 17.8 Å². The number of amides is 1. The number of nitrogens with one attached hydrogen (secondary N) is 2. The minimum absolute atomic E-state index is 0.0500. The molecule has 1 aliphatic carbocycles. The van der Waals surface area contributed by atoms with Crippen molar-refractivity contribution in [1.82, 2.24) is 10.6 Å². The average Bonchev–Trinajstić information content (AvgIpc) is 2.38. The quantitative estimate of drug-likeness (QED) is 0.821. The van der Waals surface area contributed by atoms with Gasteiger partial charge in [-0.15, -0.1) is 0 Å². The smallest absolute Gasteiger partial charge is 0.237 e. The number of hydrogen-bond donors (Lipinski definition) is 2. The summed E-state index contributed by atoms with van der Waals surface area (Å²) in [6.07, 6.45) is 8.84. The Bertz CT molecular complexity index is 292. The normalized spacial score (nSPS) is 35.9. The zero-order valence-corrected chi connectivity index (χ0v) is 12.6. The maximum Gasteiger partial charge on any atom is 0.237 e. The third-order valence-corrected chi connectivity index (χ3v) is 4.88. The zero-order valence-electron chi connectivity index (χ0n) is 12.6. The molecule has 0 spiro atoms. The van der Waals surface area contributed by atoms with Crippen LogP contribution in [-0.2, 0) is 4.79 Å². The molecule has 1 heterocycles. The molecule has 0 aromatic heterocycles. The van der Waals surface area contributed by atoms with Gasteiger partial charge in [0.15, 0.2) is 0 Å². The minimum Gasteiger partial charge on any atom is -0.355 e. The van der Waals surface area contributed by atoms with Gasteiger partial charge in [-0.1, -0.05) is 33.1 Å². The first kappa shape index (κ1) is 14.8. The number of carbonyl (C=O) groups is 1. The van der Waals surface area contributed by atoms with Crippen molar-refractivity contribution in [2.45, 2.75) is 64.8 Å². The summed E-state index contributed by atoms with van der Waals surface area (Å²) in [4.78, 5) is 12.1. The van der Waals surface area contributed by atoms with Crippen molar-refractivity contribution >= 4 is 5.91 Å². The fraction of sp³-hybridized carbons (Fsp3) is 0.938.